The van der Waals surface area contributed by atoms with Crippen LogP contribution in [0.3, 0.4) is 0 Å². The molecule has 0 bridgehead atoms. The van der Waals surface area contributed by atoms with E-state index in [9.17, 15) is 13.2 Å². The summed E-state index contributed by atoms with van der Waals surface area (Å²) >= 11 is 0. The van der Waals surface area contributed by atoms with Crippen LogP contribution in [0.25, 0.3) is 0 Å². The molecule has 0 radical (unpaired) electrons. The highest BCUT2D eigenvalue weighted by Gasteiger charge is 2.51. The fraction of sp³-hybridized carbons (Fsp3) is 0.538. The number of hydrogen-bond acceptors (Lipinski definition) is 2. The number of fused-ring (bicyclic) bond motifs is 2. The highest BCUT2D eigenvalue weighted by molar-refractivity contribution is 5.43. The SMILES string of the molecule is CNC1COC2(CC2)c2cc(C(F)(F)F)ccc21. The molecule has 1 aliphatic carbocycles. The summed E-state index contributed by atoms with van der Waals surface area (Å²) < 4.78 is 44.0. The van der Waals surface area contributed by atoms with Gasteiger partial charge in [-0.05, 0) is 43.1 Å². The van der Waals surface area contributed by atoms with Crippen LogP contribution in [0.2, 0.25) is 0 Å². The third-order valence-electron chi connectivity index (χ3n) is 3.83. The van der Waals surface area contributed by atoms with Gasteiger partial charge in [-0.15, -0.1) is 0 Å². The highest BCUT2D eigenvalue weighted by atomic mass is 19.4. The van der Waals surface area contributed by atoms with E-state index in [0.29, 0.717) is 12.2 Å². The van der Waals surface area contributed by atoms with E-state index in [2.05, 4.69) is 5.32 Å². The molecule has 1 heterocycles. The number of rotatable bonds is 1. The molecule has 2 nitrogen and oxygen atoms in total. The Morgan fingerprint density at radius 3 is 2.61 bits per heavy atom. The number of benzene rings is 1. The van der Waals surface area contributed by atoms with Crippen molar-refractivity contribution in [2.24, 2.45) is 0 Å². The van der Waals surface area contributed by atoms with Crippen LogP contribution in [0.1, 0.15) is 35.6 Å². The van der Waals surface area contributed by atoms with Crippen LogP contribution in [0.5, 0.6) is 0 Å². The van der Waals surface area contributed by atoms with Gasteiger partial charge in [0.2, 0.25) is 0 Å². The van der Waals surface area contributed by atoms with Crippen molar-refractivity contribution in [1.29, 1.82) is 0 Å². The number of hydrogen-bond donors (Lipinski definition) is 1. The monoisotopic (exact) mass is 257 g/mol. The van der Waals surface area contributed by atoms with Gasteiger partial charge in [-0.2, -0.15) is 13.2 Å². The lowest BCUT2D eigenvalue weighted by Gasteiger charge is -2.32. The first-order valence-corrected chi connectivity index (χ1v) is 5.99. The maximum absolute atomic E-state index is 12.8. The van der Waals surface area contributed by atoms with E-state index in [1.54, 1.807) is 13.1 Å². The van der Waals surface area contributed by atoms with Crippen molar-refractivity contribution < 1.29 is 17.9 Å². The van der Waals surface area contributed by atoms with Crippen molar-refractivity contribution in [2.75, 3.05) is 13.7 Å². The molecule has 1 atom stereocenters. The Kier molecular flexibility index (Phi) is 2.47. The molecule has 1 aromatic carbocycles. The van der Waals surface area contributed by atoms with Gasteiger partial charge in [0.1, 0.15) is 0 Å². The van der Waals surface area contributed by atoms with Crippen molar-refractivity contribution in [3.63, 3.8) is 0 Å². The Bertz CT molecular complexity index is 480. The van der Waals surface area contributed by atoms with Crippen LogP contribution in [0.15, 0.2) is 18.2 Å². The molecule has 1 aromatic rings. The lowest BCUT2D eigenvalue weighted by atomic mass is 9.91. The average Bonchev–Trinajstić information content (AvgIpc) is 3.09. The van der Waals surface area contributed by atoms with Crippen molar-refractivity contribution in [3.8, 4) is 0 Å². The quantitative estimate of drug-likeness (QED) is 0.835. The molecule has 1 fully saturated rings. The van der Waals surface area contributed by atoms with Gasteiger partial charge in [0.15, 0.2) is 0 Å². The van der Waals surface area contributed by atoms with Gasteiger partial charge in [-0.3, -0.25) is 0 Å². The summed E-state index contributed by atoms with van der Waals surface area (Å²) in [4.78, 5) is 0. The molecule has 1 spiro atoms. The summed E-state index contributed by atoms with van der Waals surface area (Å²) in [5, 5.41) is 3.08. The van der Waals surface area contributed by atoms with Crippen molar-refractivity contribution in [1.82, 2.24) is 5.32 Å². The molecule has 1 aliphatic heterocycles. The van der Waals surface area contributed by atoms with Crippen LogP contribution < -0.4 is 5.32 Å². The second-order valence-corrected chi connectivity index (χ2v) is 4.95. The van der Waals surface area contributed by atoms with Crippen LogP contribution in [0.4, 0.5) is 13.2 Å². The minimum Gasteiger partial charge on any atom is -0.368 e. The molecule has 1 saturated carbocycles. The standard InChI is InChI=1S/C13H14F3NO/c1-17-11-7-18-12(4-5-12)10-6-8(13(14,15)16)2-3-9(10)11/h2-3,6,11,17H,4-5,7H2,1H3. The van der Waals surface area contributed by atoms with Crippen LogP contribution in [-0.2, 0) is 16.5 Å². The van der Waals surface area contributed by atoms with Crippen LogP contribution in [0, 0.1) is 0 Å². The van der Waals surface area contributed by atoms with E-state index in [1.807, 2.05) is 0 Å². The molecular weight excluding hydrogens is 243 g/mol. The molecule has 0 aromatic heterocycles. The fourth-order valence-corrected chi connectivity index (χ4v) is 2.61. The number of likely N-dealkylation sites (N-methyl/N-ethyl adjacent to an activating group) is 1. The summed E-state index contributed by atoms with van der Waals surface area (Å²) in [6, 6.07) is 3.98. The smallest absolute Gasteiger partial charge is 0.368 e. The third kappa shape index (κ3) is 1.73. The maximum atomic E-state index is 12.8. The molecule has 2 aliphatic rings. The molecular formula is C13H14F3NO. The lowest BCUT2D eigenvalue weighted by molar-refractivity contribution is -0.137. The van der Waals surface area contributed by atoms with E-state index in [0.717, 1.165) is 24.5 Å². The second kappa shape index (κ2) is 3.71. The zero-order chi connectivity index (χ0) is 13.0. The van der Waals surface area contributed by atoms with Crippen molar-refractivity contribution in [3.05, 3.63) is 34.9 Å². The van der Waals surface area contributed by atoms with Gasteiger partial charge in [-0.25, -0.2) is 0 Å². The molecule has 1 N–H and O–H groups in total. The van der Waals surface area contributed by atoms with Crippen LogP contribution >= 0.6 is 0 Å². The van der Waals surface area contributed by atoms with Crippen molar-refractivity contribution in [2.45, 2.75) is 30.7 Å². The summed E-state index contributed by atoms with van der Waals surface area (Å²) in [6.07, 6.45) is -2.66. The van der Waals surface area contributed by atoms with E-state index in [1.165, 1.54) is 6.07 Å². The average molecular weight is 257 g/mol. The van der Waals surface area contributed by atoms with Crippen LogP contribution in [-0.4, -0.2) is 13.7 Å². The molecule has 5 heteroatoms. The lowest BCUT2D eigenvalue weighted by Crippen LogP contribution is -2.33. The third-order valence-corrected chi connectivity index (χ3v) is 3.83. The number of nitrogens with one attached hydrogen (secondary N) is 1. The van der Waals surface area contributed by atoms with Crippen molar-refractivity contribution >= 4 is 0 Å². The molecule has 3 rings (SSSR count). The predicted octanol–water partition coefficient (Wildman–Crippen LogP) is 2.99. The van der Waals surface area contributed by atoms with Gasteiger partial charge in [0.25, 0.3) is 0 Å². The van der Waals surface area contributed by atoms with E-state index in [-0.39, 0.29) is 6.04 Å². The Hall–Kier alpha value is -1.07. The largest absolute Gasteiger partial charge is 0.416 e. The van der Waals surface area contributed by atoms with Gasteiger partial charge < -0.3 is 10.1 Å². The number of alkyl halides is 3. The Morgan fingerprint density at radius 1 is 1.33 bits per heavy atom. The fourth-order valence-electron chi connectivity index (χ4n) is 2.61. The Balaban J connectivity index is 2.10. The summed E-state index contributed by atoms with van der Waals surface area (Å²) in [5.74, 6) is 0. The van der Waals surface area contributed by atoms with Gasteiger partial charge in [0.05, 0.1) is 23.8 Å². The van der Waals surface area contributed by atoms with Gasteiger partial charge in [-0.1, -0.05) is 6.07 Å². The van der Waals surface area contributed by atoms with E-state index in [4.69, 9.17) is 4.74 Å². The van der Waals surface area contributed by atoms with Gasteiger partial charge in [0, 0.05) is 0 Å². The summed E-state index contributed by atoms with van der Waals surface area (Å²) in [6.45, 7) is 0.523. The Morgan fingerprint density at radius 2 is 2.06 bits per heavy atom. The highest BCUT2D eigenvalue weighted by Crippen LogP contribution is 2.54. The molecule has 18 heavy (non-hydrogen) atoms. The van der Waals surface area contributed by atoms with Gasteiger partial charge >= 0.3 is 6.18 Å². The second-order valence-electron chi connectivity index (χ2n) is 4.95. The van der Waals surface area contributed by atoms with E-state index < -0.39 is 17.3 Å². The minimum absolute atomic E-state index is 0.0199. The number of halogens is 3. The summed E-state index contributed by atoms with van der Waals surface area (Å²) in [5.41, 5.74) is 0.620. The zero-order valence-corrected chi connectivity index (χ0v) is 9.97. The summed E-state index contributed by atoms with van der Waals surface area (Å²) in [7, 11) is 1.79. The van der Waals surface area contributed by atoms with E-state index >= 15 is 0 Å². The number of ether oxygens (including phenoxy) is 1. The first-order valence-electron chi connectivity index (χ1n) is 5.99. The molecule has 1 unspecified atom stereocenters. The topological polar surface area (TPSA) is 21.3 Å². The maximum Gasteiger partial charge on any atom is 0.416 e. The molecule has 0 saturated heterocycles. The molecule has 98 valence electrons. The predicted molar refractivity (Wildman–Crippen MR) is 60.1 cm³/mol. The first-order chi connectivity index (χ1) is 8.46. The normalized spacial score (nSPS) is 25.0. The zero-order valence-electron chi connectivity index (χ0n) is 9.97. The molecule has 0 amide bonds. The first kappa shape index (κ1) is 12.0. The minimum atomic E-state index is -4.29. The Labute approximate surface area is 103 Å².